The molecule has 0 spiro atoms. The van der Waals surface area contributed by atoms with Crippen molar-refractivity contribution in [3.8, 4) is 34.3 Å². The van der Waals surface area contributed by atoms with E-state index < -0.39 is 11.6 Å². The number of benzene rings is 2. The van der Waals surface area contributed by atoms with Gasteiger partial charge < -0.3 is 5.73 Å². The third-order valence-electron chi connectivity index (χ3n) is 4.11. The van der Waals surface area contributed by atoms with Gasteiger partial charge in [-0.15, -0.1) is 5.10 Å². The van der Waals surface area contributed by atoms with Crippen LogP contribution < -0.4 is 5.73 Å². The lowest BCUT2D eigenvalue weighted by Crippen LogP contribution is -2.06. The monoisotopic (exact) mass is 375 g/mol. The molecule has 28 heavy (non-hydrogen) atoms. The number of nitrogens with two attached hydrogens (primary N) is 1. The van der Waals surface area contributed by atoms with E-state index in [1.165, 1.54) is 12.1 Å². The van der Waals surface area contributed by atoms with E-state index >= 15 is 0 Å². The maximum absolute atomic E-state index is 14.2. The molecule has 0 saturated heterocycles. The van der Waals surface area contributed by atoms with Crippen molar-refractivity contribution in [3.63, 3.8) is 0 Å². The Morgan fingerprint density at radius 2 is 1.86 bits per heavy atom. The van der Waals surface area contributed by atoms with Crippen molar-refractivity contribution in [1.82, 2.24) is 25.2 Å². The molecule has 0 atom stereocenters. The van der Waals surface area contributed by atoms with Gasteiger partial charge in [-0.1, -0.05) is 18.2 Å². The van der Waals surface area contributed by atoms with Crippen LogP contribution in [0.5, 0.6) is 0 Å². The Balaban J connectivity index is 1.87. The summed E-state index contributed by atoms with van der Waals surface area (Å²) < 4.78 is 28.9. The molecule has 0 aliphatic carbocycles. The van der Waals surface area contributed by atoms with Gasteiger partial charge >= 0.3 is 0 Å². The van der Waals surface area contributed by atoms with E-state index in [1.54, 1.807) is 30.5 Å². The molecule has 0 aliphatic heterocycles. The number of tetrazole rings is 1. The van der Waals surface area contributed by atoms with Crippen molar-refractivity contribution in [3.05, 3.63) is 71.9 Å². The molecule has 136 valence electrons. The highest BCUT2D eigenvalue weighted by molar-refractivity contribution is 5.76. The lowest BCUT2D eigenvalue weighted by molar-refractivity contribution is 0.501. The van der Waals surface area contributed by atoms with Gasteiger partial charge in [-0.05, 0) is 46.3 Å². The fourth-order valence-electron chi connectivity index (χ4n) is 2.75. The molecule has 7 nitrogen and oxygen atoms in total. The van der Waals surface area contributed by atoms with Crippen LogP contribution in [0.3, 0.4) is 0 Å². The van der Waals surface area contributed by atoms with Crippen LogP contribution in [0.4, 0.5) is 14.6 Å². The zero-order chi connectivity index (χ0) is 19.7. The molecule has 0 radical (unpaired) electrons. The fourth-order valence-corrected chi connectivity index (χ4v) is 2.75. The van der Waals surface area contributed by atoms with E-state index in [-0.39, 0.29) is 17.3 Å². The summed E-state index contributed by atoms with van der Waals surface area (Å²) in [5, 5.41) is 20.3. The average molecular weight is 375 g/mol. The minimum atomic E-state index is -1.08. The second kappa shape index (κ2) is 6.85. The van der Waals surface area contributed by atoms with Crippen LogP contribution in [-0.4, -0.2) is 25.2 Å². The third-order valence-corrected chi connectivity index (χ3v) is 4.11. The molecular weight excluding hydrogens is 364 g/mol. The van der Waals surface area contributed by atoms with E-state index in [2.05, 4.69) is 26.6 Å². The SMILES string of the molecule is N#Cc1cccc(-c2cnc(N)c(-c3nnnn3-c3cccc(F)c3F)c2)c1. The van der Waals surface area contributed by atoms with Crippen molar-refractivity contribution in [2.24, 2.45) is 0 Å². The Morgan fingerprint density at radius 1 is 1.04 bits per heavy atom. The summed E-state index contributed by atoms with van der Waals surface area (Å²) in [5.74, 6) is -1.88. The summed E-state index contributed by atoms with van der Waals surface area (Å²) >= 11 is 0. The van der Waals surface area contributed by atoms with Crippen LogP contribution >= 0.6 is 0 Å². The van der Waals surface area contributed by atoms with Gasteiger partial charge in [0, 0.05) is 11.8 Å². The summed E-state index contributed by atoms with van der Waals surface area (Å²) in [6, 6.07) is 14.4. The van der Waals surface area contributed by atoms with E-state index in [4.69, 9.17) is 11.0 Å². The number of nitriles is 1. The number of halogens is 2. The molecule has 0 unspecified atom stereocenters. The number of rotatable bonds is 3. The molecule has 2 heterocycles. The van der Waals surface area contributed by atoms with Crippen molar-refractivity contribution in [2.45, 2.75) is 0 Å². The molecule has 2 N–H and O–H groups in total. The van der Waals surface area contributed by atoms with E-state index in [0.29, 0.717) is 16.7 Å². The van der Waals surface area contributed by atoms with E-state index in [0.717, 1.165) is 16.3 Å². The summed E-state index contributed by atoms with van der Waals surface area (Å²) in [6.07, 6.45) is 1.55. The van der Waals surface area contributed by atoms with Crippen LogP contribution in [0.1, 0.15) is 5.56 Å². The first-order valence-electron chi connectivity index (χ1n) is 8.07. The Morgan fingerprint density at radius 3 is 2.68 bits per heavy atom. The fraction of sp³-hybridized carbons (Fsp3) is 0. The zero-order valence-electron chi connectivity index (χ0n) is 14.2. The van der Waals surface area contributed by atoms with Crippen molar-refractivity contribution < 1.29 is 8.78 Å². The first kappa shape index (κ1) is 17.2. The van der Waals surface area contributed by atoms with Crippen molar-refractivity contribution in [1.29, 1.82) is 5.26 Å². The second-order valence-corrected chi connectivity index (χ2v) is 5.84. The number of anilines is 1. The molecule has 0 aliphatic rings. The lowest BCUT2D eigenvalue weighted by atomic mass is 10.0. The minimum absolute atomic E-state index is 0.104. The van der Waals surface area contributed by atoms with E-state index in [9.17, 15) is 8.78 Å². The Labute approximate surface area is 157 Å². The molecule has 0 saturated carbocycles. The average Bonchev–Trinajstić information content (AvgIpc) is 3.20. The highest BCUT2D eigenvalue weighted by Crippen LogP contribution is 2.30. The first-order valence-corrected chi connectivity index (χ1v) is 8.07. The number of aromatic nitrogens is 5. The second-order valence-electron chi connectivity index (χ2n) is 5.84. The number of hydrogen-bond donors (Lipinski definition) is 1. The van der Waals surface area contributed by atoms with Gasteiger partial charge in [-0.2, -0.15) is 9.94 Å². The summed E-state index contributed by atoms with van der Waals surface area (Å²) in [4.78, 5) is 4.16. The van der Waals surface area contributed by atoms with Crippen LogP contribution in [-0.2, 0) is 0 Å². The first-order chi connectivity index (χ1) is 13.6. The van der Waals surface area contributed by atoms with Gasteiger partial charge in [-0.25, -0.2) is 13.8 Å². The van der Waals surface area contributed by atoms with Crippen LogP contribution in [0, 0.1) is 23.0 Å². The van der Waals surface area contributed by atoms with Crippen LogP contribution in [0.25, 0.3) is 28.2 Å². The molecule has 0 bridgehead atoms. The van der Waals surface area contributed by atoms with Crippen LogP contribution in [0.2, 0.25) is 0 Å². The predicted molar refractivity (Wildman–Crippen MR) is 96.9 cm³/mol. The van der Waals surface area contributed by atoms with Gasteiger partial charge in [0.05, 0.1) is 17.2 Å². The van der Waals surface area contributed by atoms with Gasteiger partial charge in [0.1, 0.15) is 11.5 Å². The zero-order valence-corrected chi connectivity index (χ0v) is 14.2. The molecule has 4 rings (SSSR count). The van der Waals surface area contributed by atoms with Gasteiger partial charge in [-0.3, -0.25) is 0 Å². The van der Waals surface area contributed by atoms with Gasteiger partial charge in [0.2, 0.25) is 0 Å². The molecular formula is C19H11F2N7. The van der Waals surface area contributed by atoms with Crippen molar-refractivity contribution >= 4 is 5.82 Å². The molecule has 2 aromatic heterocycles. The summed E-state index contributed by atoms with van der Waals surface area (Å²) in [6.45, 7) is 0. The number of nitrogens with zero attached hydrogens (tertiary/aromatic N) is 6. The Hall–Kier alpha value is -4.19. The minimum Gasteiger partial charge on any atom is -0.383 e. The van der Waals surface area contributed by atoms with E-state index in [1.807, 2.05) is 6.07 Å². The van der Waals surface area contributed by atoms with Crippen molar-refractivity contribution in [2.75, 3.05) is 5.73 Å². The summed E-state index contributed by atoms with van der Waals surface area (Å²) in [7, 11) is 0. The van der Waals surface area contributed by atoms with Gasteiger partial charge in [0.25, 0.3) is 0 Å². The standard InChI is InChI=1S/C19H11F2N7/c20-15-5-2-6-16(17(15)21)28-19(25-26-27-28)14-8-13(10-24-18(14)23)12-4-1-3-11(7-12)9-22/h1-8,10H,(H2,23,24). The normalized spacial score (nSPS) is 10.6. The predicted octanol–water partition coefficient (Wildman–Crippen LogP) is 3.12. The number of hydrogen-bond acceptors (Lipinski definition) is 6. The molecule has 4 aromatic rings. The van der Waals surface area contributed by atoms with Gasteiger partial charge in [0.15, 0.2) is 17.5 Å². The molecule has 2 aromatic carbocycles. The largest absolute Gasteiger partial charge is 0.383 e. The topological polar surface area (TPSA) is 106 Å². The summed E-state index contributed by atoms with van der Waals surface area (Å²) in [5.41, 5.74) is 8.07. The molecule has 9 heteroatoms. The highest BCUT2D eigenvalue weighted by atomic mass is 19.2. The highest BCUT2D eigenvalue weighted by Gasteiger charge is 2.19. The lowest BCUT2D eigenvalue weighted by Gasteiger charge is -2.10. The van der Waals surface area contributed by atoms with Crippen LogP contribution in [0.15, 0.2) is 54.7 Å². The third kappa shape index (κ3) is 2.93. The maximum atomic E-state index is 14.2. The Bertz CT molecular complexity index is 1230. The quantitative estimate of drug-likeness (QED) is 0.590. The number of pyridine rings is 1. The smallest absolute Gasteiger partial charge is 0.190 e. The Kier molecular flexibility index (Phi) is 4.21. The molecule has 0 fully saturated rings. The molecule has 0 amide bonds. The number of nitrogen functional groups attached to an aromatic ring is 1. The maximum Gasteiger partial charge on any atom is 0.190 e.